The summed E-state index contributed by atoms with van der Waals surface area (Å²) in [6, 6.07) is 0. The van der Waals surface area contributed by atoms with Crippen molar-refractivity contribution >= 4 is 17.7 Å². The molecule has 6 heteroatoms. The van der Waals surface area contributed by atoms with E-state index >= 15 is 0 Å². The molecule has 1 atom stereocenters. The molecule has 0 rings (SSSR count). The van der Waals surface area contributed by atoms with E-state index in [1.807, 2.05) is 0 Å². The summed E-state index contributed by atoms with van der Waals surface area (Å²) in [6.07, 6.45) is 5.63. The minimum Gasteiger partial charge on any atom is -0.287 e. The van der Waals surface area contributed by atoms with Crippen LogP contribution in [-0.4, -0.2) is 19.8 Å². The molecule has 0 aromatic rings. The monoisotopic (exact) mass is 300 g/mol. The molecule has 0 radical (unpaired) electrons. The van der Waals surface area contributed by atoms with Gasteiger partial charge in [0.25, 0.3) is 0 Å². The smallest absolute Gasteiger partial charge is 0.287 e. The van der Waals surface area contributed by atoms with Gasteiger partial charge in [0.15, 0.2) is 0 Å². The van der Waals surface area contributed by atoms with Gasteiger partial charge in [-0.1, -0.05) is 40.0 Å². The van der Waals surface area contributed by atoms with Gasteiger partial charge in [0.05, 0.1) is 19.8 Å². The van der Waals surface area contributed by atoms with Crippen molar-refractivity contribution in [3.63, 3.8) is 0 Å². The highest BCUT2D eigenvalue weighted by Crippen LogP contribution is 2.49. The lowest BCUT2D eigenvalue weighted by Crippen LogP contribution is -2.03. The Morgan fingerprint density at radius 3 is 1.22 bits per heavy atom. The van der Waals surface area contributed by atoms with Crippen LogP contribution in [0, 0.1) is 0 Å². The lowest BCUT2D eigenvalue weighted by atomic mass is 10.4. The molecule has 0 aliphatic rings. The maximum atomic E-state index is 12.2. The van der Waals surface area contributed by atoms with Crippen LogP contribution in [0.2, 0.25) is 0 Å². The van der Waals surface area contributed by atoms with Crippen LogP contribution in [0.5, 0.6) is 0 Å². The fourth-order valence-corrected chi connectivity index (χ4v) is 2.36. The van der Waals surface area contributed by atoms with Gasteiger partial charge in [-0.15, -0.1) is 0 Å². The molecule has 0 saturated heterocycles. The molecule has 1 unspecified atom stereocenters. The van der Waals surface area contributed by atoms with Gasteiger partial charge in [0.2, 0.25) is 0 Å². The van der Waals surface area contributed by atoms with Crippen molar-refractivity contribution < 1.29 is 18.1 Å². The van der Waals surface area contributed by atoms with E-state index in [0.29, 0.717) is 19.8 Å². The Morgan fingerprint density at radius 1 is 0.722 bits per heavy atom. The Hall–Kier alpha value is 0.540. The van der Waals surface area contributed by atoms with Gasteiger partial charge in [-0.2, -0.15) is 9.90 Å². The largest absolute Gasteiger partial charge is 0.474 e. The fraction of sp³-hybridized carbons (Fsp3) is 1.00. The van der Waals surface area contributed by atoms with E-state index in [-0.39, 0.29) is 9.90 Å². The van der Waals surface area contributed by atoms with Crippen molar-refractivity contribution in [2.45, 2.75) is 59.3 Å². The molecule has 0 spiro atoms. The number of rotatable bonds is 12. The average Bonchev–Trinajstić information content (AvgIpc) is 2.30. The molecule has 0 aromatic heterocycles. The first kappa shape index (κ1) is 20.8. The zero-order valence-corrected chi connectivity index (χ0v) is 14.5. The summed E-state index contributed by atoms with van der Waals surface area (Å²) < 4.78 is 28.0. The molecule has 0 bridgehead atoms. The standard InChI is InChI=1S/C12H27O4P.H3P/c1-4-7-10-14-17(13,15-11-8-5-2)16-12-9-6-3;/h4-12H2,1-3H3;1H3. The van der Waals surface area contributed by atoms with Crippen LogP contribution < -0.4 is 0 Å². The highest BCUT2D eigenvalue weighted by Gasteiger charge is 2.25. The Balaban J connectivity index is 0. The van der Waals surface area contributed by atoms with Crippen molar-refractivity contribution in [1.29, 1.82) is 0 Å². The molecule has 0 aromatic carbocycles. The van der Waals surface area contributed by atoms with Gasteiger partial charge < -0.3 is 0 Å². The van der Waals surface area contributed by atoms with Crippen LogP contribution in [0.4, 0.5) is 0 Å². The summed E-state index contributed by atoms with van der Waals surface area (Å²) in [6.45, 7) is 7.49. The van der Waals surface area contributed by atoms with Crippen molar-refractivity contribution in [3.8, 4) is 0 Å². The van der Waals surface area contributed by atoms with Gasteiger partial charge in [-0.25, -0.2) is 4.57 Å². The number of hydrogen-bond donors (Lipinski definition) is 0. The molecular formula is C12H30O4P2. The minimum absolute atomic E-state index is 0. The Morgan fingerprint density at radius 2 is 1.00 bits per heavy atom. The average molecular weight is 300 g/mol. The fourth-order valence-electron chi connectivity index (χ4n) is 1.07. The Kier molecular flexibility index (Phi) is 16.2. The van der Waals surface area contributed by atoms with Crippen LogP contribution in [0.25, 0.3) is 0 Å². The molecule has 0 amide bonds. The van der Waals surface area contributed by atoms with E-state index in [1.54, 1.807) is 0 Å². The maximum Gasteiger partial charge on any atom is 0.474 e. The van der Waals surface area contributed by atoms with Crippen LogP contribution >= 0.6 is 17.7 Å². The van der Waals surface area contributed by atoms with Gasteiger partial charge in [0, 0.05) is 0 Å². The predicted octanol–water partition coefficient (Wildman–Crippen LogP) is 4.60. The van der Waals surface area contributed by atoms with Crippen LogP contribution in [0.15, 0.2) is 0 Å². The summed E-state index contributed by atoms with van der Waals surface area (Å²) in [4.78, 5) is 0. The molecule has 0 N–H and O–H groups in total. The number of unbranched alkanes of at least 4 members (excludes halogenated alkanes) is 3. The molecule has 4 nitrogen and oxygen atoms in total. The quantitative estimate of drug-likeness (QED) is 0.390. The van der Waals surface area contributed by atoms with Crippen LogP contribution in [-0.2, 0) is 18.1 Å². The zero-order valence-electron chi connectivity index (χ0n) is 12.2. The summed E-state index contributed by atoms with van der Waals surface area (Å²) >= 11 is 0. The highest BCUT2D eigenvalue weighted by molar-refractivity contribution is 7.48. The second kappa shape index (κ2) is 14.0. The van der Waals surface area contributed by atoms with Crippen LogP contribution in [0.1, 0.15) is 59.3 Å². The summed E-state index contributed by atoms with van der Waals surface area (Å²) in [5.74, 6) is 0. The Labute approximate surface area is 115 Å². The van der Waals surface area contributed by atoms with E-state index in [2.05, 4.69) is 20.8 Å². The van der Waals surface area contributed by atoms with Crippen molar-refractivity contribution in [2.75, 3.05) is 19.8 Å². The number of phosphoric acid groups is 1. The van der Waals surface area contributed by atoms with E-state index in [1.165, 1.54) is 0 Å². The van der Waals surface area contributed by atoms with Gasteiger partial charge in [-0.3, -0.25) is 13.6 Å². The van der Waals surface area contributed by atoms with E-state index in [9.17, 15) is 4.57 Å². The van der Waals surface area contributed by atoms with E-state index in [0.717, 1.165) is 38.5 Å². The lowest BCUT2D eigenvalue weighted by molar-refractivity contribution is 0.110. The van der Waals surface area contributed by atoms with E-state index < -0.39 is 7.82 Å². The predicted molar refractivity (Wildman–Crippen MR) is 81.3 cm³/mol. The second-order valence-corrected chi connectivity index (χ2v) is 5.68. The molecule has 0 aliphatic heterocycles. The maximum absolute atomic E-state index is 12.2. The van der Waals surface area contributed by atoms with Gasteiger partial charge in [0.1, 0.15) is 0 Å². The first-order chi connectivity index (χ1) is 8.18. The SMILES string of the molecule is CCCCOP(=O)(OCCCC)OCCCC.P. The molecule has 0 saturated carbocycles. The Bertz CT molecular complexity index is 179. The molecule has 18 heavy (non-hydrogen) atoms. The molecule has 112 valence electrons. The minimum atomic E-state index is -3.31. The topological polar surface area (TPSA) is 44.8 Å². The normalized spacial score (nSPS) is 11.3. The third-order valence-corrected chi connectivity index (χ3v) is 3.74. The van der Waals surface area contributed by atoms with Crippen LogP contribution in [0.3, 0.4) is 0 Å². The summed E-state index contributed by atoms with van der Waals surface area (Å²) in [5, 5.41) is 0. The van der Waals surface area contributed by atoms with Gasteiger partial charge in [-0.05, 0) is 19.3 Å². The molecule has 0 fully saturated rings. The highest BCUT2D eigenvalue weighted by atomic mass is 31.2. The van der Waals surface area contributed by atoms with Gasteiger partial charge >= 0.3 is 7.82 Å². The number of phosphoric ester groups is 1. The first-order valence-corrected chi connectivity index (χ1v) is 8.18. The van der Waals surface area contributed by atoms with E-state index in [4.69, 9.17) is 13.6 Å². The third kappa shape index (κ3) is 11.6. The zero-order chi connectivity index (χ0) is 13.0. The number of hydrogen-bond acceptors (Lipinski definition) is 4. The molecule has 0 heterocycles. The molecular weight excluding hydrogens is 270 g/mol. The summed E-state index contributed by atoms with van der Waals surface area (Å²) in [7, 11) is -3.31. The second-order valence-electron chi connectivity index (χ2n) is 4.01. The van der Waals surface area contributed by atoms with Crippen molar-refractivity contribution in [2.24, 2.45) is 0 Å². The van der Waals surface area contributed by atoms with Crippen molar-refractivity contribution in [1.82, 2.24) is 0 Å². The molecule has 0 aliphatic carbocycles. The summed E-state index contributed by atoms with van der Waals surface area (Å²) in [5.41, 5.74) is 0. The first-order valence-electron chi connectivity index (χ1n) is 6.72. The third-order valence-electron chi connectivity index (χ3n) is 2.24. The lowest BCUT2D eigenvalue weighted by Gasteiger charge is -2.17. The van der Waals surface area contributed by atoms with Crippen molar-refractivity contribution in [3.05, 3.63) is 0 Å².